The number of carbonyl (C=O) groups excluding carboxylic acids is 2. The fourth-order valence-corrected chi connectivity index (χ4v) is 4.47. The third-order valence-corrected chi connectivity index (χ3v) is 6.21. The summed E-state index contributed by atoms with van der Waals surface area (Å²) in [5.74, 6) is -0.854. The van der Waals surface area contributed by atoms with Crippen molar-refractivity contribution in [3.05, 3.63) is 76.2 Å². The SMILES string of the molecule is Cc1ccc(C2=C(N3CC(C)OC(C)C3)C(=O)N(CCc3ccc(F)cc3)C2=O)cc1C. The van der Waals surface area contributed by atoms with Crippen LogP contribution in [0.5, 0.6) is 0 Å². The van der Waals surface area contributed by atoms with Gasteiger partial charge in [-0.15, -0.1) is 0 Å². The van der Waals surface area contributed by atoms with Crippen molar-refractivity contribution in [1.29, 1.82) is 0 Å². The van der Waals surface area contributed by atoms with Crippen molar-refractivity contribution < 1.29 is 18.7 Å². The van der Waals surface area contributed by atoms with E-state index in [0.29, 0.717) is 30.8 Å². The molecule has 2 aromatic rings. The molecule has 0 spiro atoms. The predicted octanol–water partition coefficient (Wildman–Crippen LogP) is 3.87. The molecule has 32 heavy (non-hydrogen) atoms. The van der Waals surface area contributed by atoms with E-state index in [9.17, 15) is 14.0 Å². The molecule has 6 heteroatoms. The Morgan fingerprint density at radius 3 is 2.22 bits per heavy atom. The van der Waals surface area contributed by atoms with E-state index in [1.165, 1.54) is 17.0 Å². The first-order valence-corrected chi connectivity index (χ1v) is 11.1. The normalized spacial score (nSPS) is 21.7. The summed E-state index contributed by atoms with van der Waals surface area (Å²) in [6.07, 6.45) is 0.396. The predicted molar refractivity (Wildman–Crippen MR) is 121 cm³/mol. The average Bonchev–Trinajstić information content (AvgIpc) is 2.99. The Labute approximate surface area is 188 Å². The first-order chi connectivity index (χ1) is 15.2. The molecule has 2 heterocycles. The van der Waals surface area contributed by atoms with Crippen molar-refractivity contribution in [3.63, 3.8) is 0 Å². The molecule has 2 amide bonds. The number of rotatable bonds is 5. The van der Waals surface area contributed by atoms with Gasteiger partial charge in [0.05, 0.1) is 17.8 Å². The van der Waals surface area contributed by atoms with Gasteiger partial charge in [-0.05, 0) is 68.5 Å². The number of hydrogen-bond acceptors (Lipinski definition) is 4. The standard InChI is InChI=1S/C26H29FN2O3/c1-16-5-8-21(13-17(16)2)23-24(28-14-18(3)32-19(4)15-28)26(31)29(25(23)30)12-11-20-6-9-22(27)10-7-20/h5-10,13,18-19H,11-12,14-15H2,1-4H3. The number of imide groups is 1. The molecule has 0 aromatic heterocycles. The third kappa shape index (κ3) is 4.32. The number of carbonyl (C=O) groups is 2. The summed E-state index contributed by atoms with van der Waals surface area (Å²) in [5.41, 5.74) is 4.76. The van der Waals surface area contributed by atoms with Crippen LogP contribution in [-0.4, -0.2) is 53.5 Å². The van der Waals surface area contributed by atoms with Gasteiger partial charge >= 0.3 is 0 Å². The lowest BCUT2D eigenvalue weighted by molar-refractivity contribution is -0.138. The number of benzene rings is 2. The van der Waals surface area contributed by atoms with Gasteiger partial charge in [0, 0.05) is 19.6 Å². The van der Waals surface area contributed by atoms with E-state index in [1.807, 2.05) is 50.8 Å². The fourth-order valence-electron chi connectivity index (χ4n) is 4.47. The van der Waals surface area contributed by atoms with Gasteiger partial charge in [0.25, 0.3) is 11.8 Å². The van der Waals surface area contributed by atoms with E-state index >= 15 is 0 Å². The summed E-state index contributed by atoms with van der Waals surface area (Å²) in [7, 11) is 0. The largest absolute Gasteiger partial charge is 0.372 e. The van der Waals surface area contributed by atoms with Crippen molar-refractivity contribution in [2.45, 2.75) is 46.3 Å². The minimum atomic E-state index is -0.307. The van der Waals surface area contributed by atoms with E-state index in [-0.39, 0.29) is 36.4 Å². The number of amides is 2. The van der Waals surface area contributed by atoms with Crippen LogP contribution in [0.3, 0.4) is 0 Å². The quantitative estimate of drug-likeness (QED) is 0.668. The molecule has 4 rings (SSSR count). The first-order valence-electron chi connectivity index (χ1n) is 11.1. The summed E-state index contributed by atoms with van der Waals surface area (Å²) in [5, 5.41) is 0. The Morgan fingerprint density at radius 1 is 0.938 bits per heavy atom. The number of ether oxygens (including phenoxy) is 1. The lowest BCUT2D eigenvalue weighted by Crippen LogP contribution is -2.47. The highest BCUT2D eigenvalue weighted by Gasteiger charge is 2.42. The minimum absolute atomic E-state index is 0.0385. The molecule has 0 N–H and O–H groups in total. The number of morpholine rings is 1. The molecule has 0 aliphatic carbocycles. The second-order valence-electron chi connectivity index (χ2n) is 8.82. The highest BCUT2D eigenvalue weighted by atomic mass is 19.1. The van der Waals surface area contributed by atoms with Gasteiger partial charge in [-0.2, -0.15) is 0 Å². The van der Waals surface area contributed by atoms with Crippen LogP contribution in [0.4, 0.5) is 4.39 Å². The molecular formula is C26H29FN2O3. The van der Waals surface area contributed by atoms with Gasteiger partial charge in [0.15, 0.2) is 0 Å². The Bertz CT molecular complexity index is 1070. The molecule has 0 bridgehead atoms. The molecule has 2 atom stereocenters. The van der Waals surface area contributed by atoms with Crippen molar-refractivity contribution in [2.24, 2.45) is 0 Å². The van der Waals surface area contributed by atoms with Crippen molar-refractivity contribution in [2.75, 3.05) is 19.6 Å². The maximum absolute atomic E-state index is 13.5. The zero-order chi connectivity index (χ0) is 23.0. The molecule has 0 radical (unpaired) electrons. The van der Waals surface area contributed by atoms with Gasteiger partial charge in [-0.3, -0.25) is 14.5 Å². The summed E-state index contributed by atoms with van der Waals surface area (Å²) < 4.78 is 19.1. The van der Waals surface area contributed by atoms with E-state index in [2.05, 4.69) is 0 Å². The number of halogens is 1. The van der Waals surface area contributed by atoms with Crippen LogP contribution in [0.1, 0.15) is 36.1 Å². The molecular weight excluding hydrogens is 407 g/mol. The smallest absolute Gasteiger partial charge is 0.277 e. The number of aryl methyl sites for hydroxylation is 2. The fraction of sp³-hybridized carbons (Fsp3) is 0.385. The van der Waals surface area contributed by atoms with Gasteiger partial charge in [0.2, 0.25) is 0 Å². The molecule has 2 unspecified atom stereocenters. The van der Waals surface area contributed by atoms with Crippen LogP contribution in [0.2, 0.25) is 0 Å². The molecule has 168 valence electrons. The average molecular weight is 437 g/mol. The van der Waals surface area contributed by atoms with Crippen molar-refractivity contribution >= 4 is 17.4 Å². The van der Waals surface area contributed by atoms with Gasteiger partial charge in [0.1, 0.15) is 11.5 Å². The zero-order valence-corrected chi connectivity index (χ0v) is 19.0. The van der Waals surface area contributed by atoms with Crippen LogP contribution in [0, 0.1) is 19.7 Å². The first kappa shape index (κ1) is 22.2. The minimum Gasteiger partial charge on any atom is -0.372 e. The summed E-state index contributed by atoms with van der Waals surface area (Å²) in [4.78, 5) is 30.4. The molecule has 5 nitrogen and oxygen atoms in total. The van der Waals surface area contributed by atoms with E-state index < -0.39 is 0 Å². The summed E-state index contributed by atoms with van der Waals surface area (Å²) in [6, 6.07) is 12.0. The Morgan fingerprint density at radius 2 is 1.59 bits per heavy atom. The zero-order valence-electron chi connectivity index (χ0n) is 19.0. The molecule has 2 aromatic carbocycles. The molecule has 1 saturated heterocycles. The van der Waals surface area contributed by atoms with E-state index in [4.69, 9.17) is 4.74 Å². The highest BCUT2D eigenvalue weighted by molar-refractivity contribution is 6.35. The van der Waals surface area contributed by atoms with Crippen LogP contribution in [-0.2, 0) is 20.7 Å². The second kappa shape index (κ2) is 8.87. The van der Waals surface area contributed by atoms with E-state index in [0.717, 1.165) is 22.3 Å². The number of hydrogen-bond donors (Lipinski definition) is 0. The Balaban J connectivity index is 1.69. The van der Waals surface area contributed by atoms with Gasteiger partial charge in [-0.25, -0.2) is 4.39 Å². The Hall–Kier alpha value is -2.99. The third-order valence-electron chi connectivity index (χ3n) is 6.21. The number of nitrogens with zero attached hydrogens (tertiary/aromatic N) is 2. The van der Waals surface area contributed by atoms with Gasteiger partial charge in [-0.1, -0.05) is 30.3 Å². The maximum Gasteiger partial charge on any atom is 0.277 e. The highest BCUT2D eigenvalue weighted by Crippen LogP contribution is 2.34. The van der Waals surface area contributed by atoms with E-state index in [1.54, 1.807) is 12.1 Å². The summed E-state index contributed by atoms with van der Waals surface area (Å²) in [6.45, 7) is 9.34. The summed E-state index contributed by atoms with van der Waals surface area (Å²) >= 11 is 0. The molecule has 2 aliphatic rings. The molecule has 2 aliphatic heterocycles. The molecule has 1 fully saturated rings. The van der Waals surface area contributed by atoms with Crippen molar-refractivity contribution in [3.8, 4) is 0 Å². The molecule has 0 saturated carbocycles. The van der Waals surface area contributed by atoms with Crippen LogP contribution in [0.25, 0.3) is 5.57 Å². The second-order valence-corrected chi connectivity index (χ2v) is 8.82. The van der Waals surface area contributed by atoms with Crippen LogP contribution in [0.15, 0.2) is 48.2 Å². The van der Waals surface area contributed by atoms with Crippen LogP contribution < -0.4 is 0 Å². The Kier molecular flexibility index (Phi) is 6.15. The topological polar surface area (TPSA) is 49.9 Å². The van der Waals surface area contributed by atoms with Gasteiger partial charge < -0.3 is 9.64 Å². The lowest BCUT2D eigenvalue weighted by atomic mass is 9.99. The van der Waals surface area contributed by atoms with Crippen LogP contribution >= 0.6 is 0 Å². The maximum atomic E-state index is 13.5. The monoisotopic (exact) mass is 436 g/mol. The van der Waals surface area contributed by atoms with Crippen molar-refractivity contribution in [1.82, 2.24) is 9.80 Å². The lowest BCUT2D eigenvalue weighted by Gasteiger charge is -2.37.